The lowest BCUT2D eigenvalue weighted by Gasteiger charge is -2.21. The summed E-state index contributed by atoms with van der Waals surface area (Å²) in [7, 11) is 3.29. The van der Waals surface area contributed by atoms with Crippen molar-refractivity contribution in [2.75, 3.05) is 32.1 Å². The van der Waals surface area contributed by atoms with Gasteiger partial charge in [-0.3, -0.25) is 4.79 Å². The van der Waals surface area contributed by atoms with E-state index in [2.05, 4.69) is 29.9 Å². The van der Waals surface area contributed by atoms with E-state index in [1.54, 1.807) is 20.2 Å². The zero-order valence-electron chi connectivity index (χ0n) is 20.1. The highest BCUT2D eigenvalue weighted by Gasteiger charge is 2.17. The van der Waals surface area contributed by atoms with E-state index < -0.39 is 0 Å². The van der Waals surface area contributed by atoms with E-state index in [1.807, 2.05) is 49.4 Å². The van der Waals surface area contributed by atoms with Crippen LogP contribution in [0.15, 0.2) is 59.7 Å². The normalized spacial score (nSPS) is 12.2. The minimum Gasteiger partial charge on any atom is -0.507 e. The monoisotopic (exact) mass is 447 g/mol. The SMILES string of the molecule is CCN(CC)c1ccc(/C=N/N(C)C(=O)CC(C)c2cccc3cc(OC)ccc23)c(O)c1. The van der Waals surface area contributed by atoms with Gasteiger partial charge < -0.3 is 14.7 Å². The number of ether oxygens (including phenoxy) is 1. The molecule has 1 unspecified atom stereocenters. The molecular formula is C27H33N3O3. The summed E-state index contributed by atoms with van der Waals surface area (Å²) >= 11 is 0. The quantitative estimate of drug-likeness (QED) is 0.353. The van der Waals surface area contributed by atoms with Crippen LogP contribution in [0.5, 0.6) is 11.5 Å². The number of carbonyl (C=O) groups excluding carboxylic acids is 1. The van der Waals surface area contributed by atoms with Crippen LogP contribution in [0.25, 0.3) is 10.8 Å². The summed E-state index contributed by atoms with van der Waals surface area (Å²) in [4.78, 5) is 15.0. The summed E-state index contributed by atoms with van der Waals surface area (Å²) in [5.74, 6) is 0.881. The van der Waals surface area contributed by atoms with Crippen LogP contribution in [0.3, 0.4) is 0 Å². The number of benzene rings is 3. The number of anilines is 1. The number of nitrogens with zero attached hydrogens (tertiary/aromatic N) is 3. The number of aromatic hydroxyl groups is 1. The van der Waals surface area contributed by atoms with Gasteiger partial charge in [0.25, 0.3) is 0 Å². The number of fused-ring (bicyclic) bond motifs is 1. The molecule has 3 rings (SSSR count). The molecule has 3 aromatic carbocycles. The number of phenolic OH excluding ortho intramolecular Hbond substituents is 1. The molecule has 0 fully saturated rings. The number of hydrazone groups is 1. The molecule has 0 radical (unpaired) electrons. The van der Waals surface area contributed by atoms with Crippen molar-refractivity contribution >= 4 is 28.6 Å². The second-order valence-corrected chi connectivity index (χ2v) is 8.12. The fourth-order valence-corrected chi connectivity index (χ4v) is 3.99. The number of phenols is 1. The van der Waals surface area contributed by atoms with Crippen molar-refractivity contribution in [1.82, 2.24) is 5.01 Å². The van der Waals surface area contributed by atoms with E-state index in [0.717, 1.165) is 40.9 Å². The average Bonchev–Trinajstić information content (AvgIpc) is 2.83. The van der Waals surface area contributed by atoms with Gasteiger partial charge in [0.15, 0.2) is 0 Å². The van der Waals surface area contributed by atoms with Crippen molar-refractivity contribution in [1.29, 1.82) is 0 Å². The fraction of sp³-hybridized carbons (Fsp3) is 0.333. The lowest BCUT2D eigenvalue weighted by molar-refractivity contribution is -0.130. The minimum absolute atomic E-state index is 0.0222. The summed E-state index contributed by atoms with van der Waals surface area (Å²) in [6.07, 6.45) is 1.85. The van der Waals surface area contributed by atoms with Crippen LogP contribution in [-0.4, -0.2) is 49.5 Å². The van der Waals surface area contributed by atoms with Crippen LogP contribution in [-0.2, 0) is 4.79 Å². The smallest absolute Gasteiger partial charge is 0.242 e. The van der Waals surface area contributed by atoms with Crippen LogP contribution in [0.2, 0.25) is 0 Å². The number of hydrogen-bond donors (Lipinski definition) is 1. The Balaban J connectivity index is 1.70. The first-order valence-electron chi connectivity index (χ1n) is 11.3. The Bertz CT molecular complexity index is 1140. The Morgan fingerprint density at radius 1 is 1.12 bits per heavy atom. The molecule has 174 valence electrons. The highest BCUT2D eigenvalue weighted by Crippen LogP contribution is 2.30. The van der Waals surface area contributed by atoms with Gasteiger partial charge in [0, 0.05) is 43.9 Å². The lowest BCUT2D eigenvalue weighted by atomic mass is 9.92. The number of methoxy groups -OCH3 is 1. The predicted octanol–water partition coefficient (Wildman–Crippen LogP) is 5.39. The van der Waals surface area contributed by atoms with E-state index in [4.69, 9.17) is 4.74 Å². The summed E-state index contributed by atoms with van der Waals surface area (Å²) in [5.41, 5.74) is 2.65. The molecule has 0 aliphatic rings. The fourth-order valence-electron chi connectivity index (χ4n) is 3.99. The van der Waals surface area contributed by atoms with Gasteiger partial charge in [-0.1, -0.05) is 31.2 Å². The molecule has 33 heavy (non-hydrogen) atoms. The molecule has 0 aromatic heterocycles. The number of rotatable bonds is 9. The number of hydrogen-bond acceptors (Lipinski definition) is 5. The van der Waals surface area contributed by atoms with Gasteiger partial charge in [-0.05, 0) is 60.4 Å². The molecule has 1 N–H and O–H groups in total. The second-order valence-electron chi connectivity index (χ2n) is 8.12. The maximum absolute atomic E-state index is 12.8. The highest BCUT2D eigenvalue weighted by atomic mass is 16.5. The molecule has 0 spiro atoms. The Labute approximate surface area is 196 Å². The van der Waals surface area contributed by atoms with Crippen molar-refractivity contribution in [3.8, 4) is 11.5 Å². The van der Waals surface area contributed by atoms with Crippen LogP contribution in [0.4, 0.5) is 5.69 Å². The van der Waals surface area contributed by atoms with Crippen molar-refractivity contribution in [3.63, 3.8) is 0 Å². The highest BCUT2D eigenvalue weighted by molar-refractivity contribution is 5.89. The molecule has 3 aromatic rings. The molecule has 0 aliphatic heterocycles. The molecule has 0 bridgehead atoms. The maximum Gasteiger partial charge on any atom is 0.242 e. The first-order chi connectivity index (χ1) is 15.9. The molecule has 6 nitrogen and oxygen atoms in total. The first-order valence-corrected chi connectivity index (χ1v) is 11.3. The van der Waals surface area contributed by atoms with Gasteiger partial charge in [-0.2, -0.15) is 5.10 Å². The van der Waals surface area contributed by atoms with E-state index in [-0.39, 0.29) is 17.6 Å². The van der Waals surface area contributed by atoms with Crippen LogP contribution in [0, 0.1) is 0 Å². The van der Waals surface area contributed by atoms with Gasteiger partial charge in [-0.25, -0.2) is 5.01 Å². The minimum atomic E-state index is -0.0940. The van der Waals surface area contributed by atoms with E-state index in [0.29, 0.717) is 12.0 Å². The molecule has 1 amide bonds. The summed E-state index contributed by atoms with van der Waals surface area (Å²) in [6, 6.07) is 17.6. The van der Waals surface area contributed by atoms with Crippen LogP contribution >= 0.6 is 0 Å². The van der Waals surface area contributed by atoms with Crippen LogP contribution < -0.4 is 9.64 Å². The van der Waals surface area contributed by atoms with Gasteiger partial charge in [0.05, 0.1) is 13.3 Å². The third-order valence-electron chi connectivity index (χ3n) is 6.01. The van der Waals surface area contributed by atoms with Gasteiger partial charge in [-0.15, -0.1) is 0 Å². The lowest BCUT2D eigenvalue weighted by Crippen LogP contribution is -2.23. The Morgan fingerprint density at radius 3 is 2.55 bits per heavy atom. The van der Waals surface area contributed by atoms with Gasteiger partial charge >= 0.3 is 0 Å². The zero-order valence-corrected chi connectivity index (χ0v) is 20.1. The summed E-state index contributed by atoms with van der Waals surface area (Å²) in [6.45, 7) is 7.93. The first kappa shape index (κ1) is 24.1. The zero-order chi connectivity index (χ0) is 24.0. The Hall–Kier alpha value is -3.54. The van der Waals surface area contributed by atoms with Crippen molar-refractivity contribution < 1.29 is 14.6 Å². The standard InChI is InChI=1S/C27H33N3O3/c1-6-30(7-2)22-12-11-21(26(31)17-22)18-28-29(4)27(32)15-19(3)24-10-8-9-20-16-23(33-5)13-14-25(20)24/h8-14,16-19,31H,6-7,15H2,1-5H3/b28-18+. The summed E-state index contributed by atoms with van der Waals surface area (Å²) < 4.78 is 5.32. The molecule has 0 aliphatic carbocycles. The van der Waals surface area contributed by atoms with Gasteiger partial charge in [0.2, 0.25) is 5.91 Å². The van der Waals surface area contributed by atoms with Gasteiger partial charge in [0.1, 0.15) is 11.5 Å². The van der Waals surface area contributed by atoms with E-state index in [1.165, 1.54) is 11.2 Å². The van der Waals surface area contributed by atoms with E-state index in [9.17, 15) is 9.90 Å². The van der Waals surface area contributed by atoms with Crippen LogP contribution in [0.1, 0.15) is 44.2 Å². The molecule has 0 saturated carbocycles. The second kappa shape index (κ2) is 10.9. The third-order valence-corrected chi connectivity index (χ3v) is 6.01. The Morgan fingerprint density at radius 2 is 1.88 bits per heavy atom. The molecule has 0 heterocycles. The maximum atomic E-state index is 12.8. The van der Waals surface area contributed by atoms with Crippen molar-refractivity contribution in [3.05, 3.63) is 65.7 Å². The third kappa shape index (κ3) is 5.64. The summed E-state index contributed by atoms with van der Waals surface area (Å²) in [5, 5.41) is 18.2. The average molecular weight is 448 g/mol. The molecule has 6 heteroatoms. The van der Waals surface area contributed by atoms with E-state index >= 15 is 0 Å². The molecule has 0 saturated heterocycles. The van der Waals surface area contributed by atoms with Crippen molar-refractivity contribution in [2.24, 2.45) is 5.10 Å². The topological polar surface area (TPSA) is 65.4 Å². The number of amides is 1. The molecular weight excluding hydrogens is 414 g/mol. The Kier molecular flexibility index (Phi) is 7.93. The molecule has 1 atom stereocenters. The predicted molar refractivity (Wildman–Crippen MR) is 136 cm³/mol. The largest absolute Gasteiger partial charge is 0.507 e. The number of carbonyl (C=O) groups is 1. The van der Waals surface area contributed by atoms with Crippen molar-refractivity contribution in [2.45, 2.75) is 33.1 Å².